The summed E-state index contributed by atoms with van der Waals surface area (Å²) < 4.78 is 44.3. The van der Waals surface area contributed by atoms with Gasteiger partial charge in [0.25, 0.3) is 0 Å². The summed E-state index contributed by atoms with van der Waals surface area (Å²) in [6.45, 7) is 1.06. The van der Waals surface area contributed by atoms with Crippen LogP contribution in [0.3, 0.4) is 0 Å². The zero-order valence-electron chi connectivity index (χ0n) is 9.43. The fourth-order valence-electron chi connectivity index (χ4n) is 1.63. The molecule has 0 spiro atoms. The first-order valence-corrected chi connectivity index (χ1v) is 5.13. The molecule has 0 bridgehead atoms. The number of alkyl halides is 3. The lowest BCUT2D eigenvalue weighted by Crippen LogP contribution is -2.49. The Kier molecular flexibility index (Phi) is 2.66. The number of nitrogens with one attached hydrogen (secondary N) is 1. The van der Waals surface area contributed by atoms with E-state index in [1.165, 1.54) is 13.1 Å². The van der Waals surface area contributed by atoms with Gasteiger partial charge in [0.1, 0.15) is 11.3 Å². The lowest BCUT2D eigenvalue weighted by atomic mass is 9.98. The maximum atomic E-state index is 13.0. The molecule has 0 radical (unpaired) electrons. The first-order chi connectivity index (χ1) is 7.88. The van der Waals surface area contributed by atoms with Crippen LogP contribution >= 0.6 is 0 Å². The van der Waals surface area contributed by atoms with Crippen LogP contribution in [-0.4, -0.2) is 13.2 Å². The summed E-state index contributed by atoms with van der Waals surface area (Å²) in [5.41, 5.74) is -1.72. The number of para-hydroxylation sites is 1. The number of rotatable bonds is 2. The SMILES string of the molecule is CNC(C)(c1cc2ccccc2o1)C(F)(F)F. The first kappa shape index (κ1) is 12.0. The van der Waals surface area contributed by atoms with E-state index < -0.39 is 11.7 Å². The minimum atomic E-state index is -4.42. The van der Waals surface area contributed by atoms with Gasteiger partial charge in [-0.2, -0.15) is 13.2 Å². The summed E-state index contributed by atoms with van der Waals surface area (Å²) in [5, 5.41) is 2.94. The smallest absolute Gasteiger partial charge is 0.413 e. The monoisotopic (exact) mass is 243 g/mol. The number of furan rings is 1. The van der Waals surface area contributed by atoms with Gasteiger partial charge in [-0.3, -0.25) is 0 Å². The predicted molar refractivity (Wildman–Crippen MR) is 58.7 cm³/mol. The van der Waals surface area contributed by atoms with Crippen molar-refractivity contribution in [2.24, 2.45) is 0 Å². The Labute approximate surface area is 96.4 Å². The summed E-state index contributed by atoms with van der Waals surface area (Å²) in [4.78, 5) is 0. The quantitative estimate of drug-likeness (QED) is 0.874. The van der Waals surface area contributed by atoms with Gasteiger partial charge in [0.05, 0.1) is 0 Å². The normalized spacial score (nSPS) is 16.1. The number of halogens is 3. The van der Waals surface area contributed by atoms with Crippen LogP contribution in [0.15, 0.2) is 34.7 Å². The van der Waals surface area contributed by atoms with Crippen molar-refractivity contribution < 1.29 is 17.6 Å². The molecule has 92 valence electrons. The number of hydrogen-bond acceptors (Lipinski definition) is 2. The zero-order valence-corrected chi connectivity index (χ0v) is 9.43. The molecule has 2 aromatic rings. The summed E-state index contributed by atoms with van der Waals surface area (Å²) in [6.07, 6.45) is -4.42. The molecule has 1 aromatic heterocycles. The topological polar surface area (TPSA) is 25.2 Å². The molecule has 0 aliphatic carbocycles. The molecule has 2 rings (SSSR count). The van der Waals surface area contributed by atoms with Gasteiger partial charge in [-0.25, -0.2) is 0 Å². The third-order valence-corrected chi connectivity index (χ3v) is 2.99. The molecular formula is C12H12F3NO. The number of hydrogen-bond donors (Lipinski definition) is 1. The first-order valence-electron chi connectivity index (χ1n) is 5.13. The minimum Gasteiger partial charge on any atom is -0.459 e. The molecule has 0 aliphatic rings. The second-order valence-electron chi connectivity index (χ2n) is 4.02. The van der Waals surface area contributed by atoms with Crippen molar-refractivity contribution >= 4 is 11.0 Å². The van der Waals surface area contributed by atoms with Crippen LogP contribution < -0.4 is 5.32 Å². The van der Waals surface area contributed by atoms with Crippen LogP contribution in [0.4, 0.5) is 13.2 Å². The van der Waals surface area contributed by atoms with Gasteiger partial charge in [0.2, 0.25) is 0 Å². The molecule has 1 atom stereocenters. The van der Waals surface area contributed by atoms with Crippen LogP contribution in [-0.2, 0) is 5.54 Å². The summed E-state index contributed by atoms with van der Waals surface area (Å²) >= 11 is 0. The van der Waals surface area contributed by atoms with Crippen molar-refractivity contribution in [3.05, 3.63) is 36.1 Å². The highest BCUT2D eigenvalue weighted by Gasteiger charge is 2.53. The van der Waals surface area contributed by atoms with E-state index in [2.05, 4.69) is 5.32 Å². The summed E-state index contributed by atoms with van der Waals surface area (Å²) in [6, 6.07) is 8.26. The Hall–Kier alpha value is -1.49. The Morgan fingerprint density at radius 3 is 2.35 bits per heavy atom. The van der Waals surface area contributed by atoms with E-state index in [-0.39, 0.29) is 5.76 Å². The van der Waals surface area contributed by atoms with Crippen molar-refractivity contribution in [2.45, 2.75) is 18.6 Å². The van der Waals surface area contributed by atoms with Gasteiger partial charge < -0.3 is 9.73 Å². The zero-order chi connectivity index (χ0) is 12.7. The molecule has 17 heavy (non-hydrogen) atoms. The van der Waals surface area contributed by atoms with Crippen LogP contribution in [0, 0.1) is 0 Å². The fraction of sp³-hybridized carbons (Fsp3) is 0.333. The second-order valence-corrected chi connectivity index (χ2v) is 4.02. The van der Waals surface area contributed by atoms with E-state index in [0.717, 1.165) is 6.92 Å². The number of fused-ring (bicyclic) bond motifs is 1. The van der Waals surface area contributed by atoms with Gasteiger partial charge in [-0.05, 0) is 26.1 Å². The Morgan fingerprint density at radius 2 is 1.82 bits per heavy atom. The molecule has 5 heteroatoms. The largest absolute Gasteiger partial charge is 0.459 e. The molecule has 0 aliphatic heterocycles. The molecule has 1 unspecified atom stereocenters. The maximum absolute atomic E-state index is 13.0. The molecule has 2 nitrogen and oxygen atoms in total. The predicted octanol–water partition coefficient (Wildman–Crippen LogP) is 3.43. The second kappa shape index (κ2) is 3.77. The number of benzene rings is 1. The lowest BCUT2D eigenvalue weighted by molar-refractivity contribution is -0.198. The molecule has 0 fully saturated rings. The van der Waals surface area contributed by atoms with E-state index in [1.54, 1.807) is 24.3 Å². The maximum Gasteiger partial charge on any atom is 0.413 e. The van der Waals surface area contributed by atoms with E-state index in [9.17, 15) is 13.2 Å². The van der Waals surface area contributed by atoms with Gasteiger partial charge >= 0.3 is 6.18 Å². The summed E-state index contributed by atoms with van der Waals surface area (Å²) in [5.74, 6) is -0.131. The minimum absolute atomic E-state index is 0.131. The van der Waals surface area contributed by atoms with Crippen LogP contribution in [0.1, 0.15) is 12.7 Å². The van der Waals surface area contributed by atoms with E-state index in [0.29, 0.717) is 11.0 Å². The van der Waals surface area contributed by atoms with Gasteiger partial charge in [-0.1, -0.05) is 18.2 Å². The summed E-state index contributed by atoms with van der Waals surface area (Å²) in [7, 11) is 1.26. The van der Waals surface area contributed by atoms with Gasteiger partial charge in [-0.15, -0.1) is 0 Å². The molecule has 0 saturated carbocycles. The van der Waals surface area contributed by atoms with Crippen LogP contribution in [0.2, 0.25) is 0 Å². The van der Waals surface area contributed by atoms with E-state index in [1.807, 2.05) is 0 Å². The van der Waals surface area contributed by atoms with Crippen molar-refractivity contribution in [3.63, 3.8) is 0 Å². The standard InChI is InChI=1S/C12H12F3NO/c1-11(16-2,12(13,14)15)10-7-8-5-3-4-6-9(8)17-10/h3-7,16H,1-2H3. The van der Waals surface area contributed by atoms with E-state index >= 15 is 0 Å². The van der Waals surface area contributed by atoms with Crippen molar-refractivity contribution in [1.29, 1.82) is 0 Å². The van der Waals surface area contributed by atoms with Gasteiger partial charge in [0.15, 0.2) is 5.54 Å². The third kappa shape index (κ3) is 1.80. The van der Waals surface area contributed by atoms with Gasteiger partial charge in [0, 0.05) is 5.39 Å². The molecule has 0 amide bonds. The average Bonchev–Trinajstić information content (AvgIpc) is 2.70. The average molecular weight is 243 g/mol. The third-order valence-electron chi connectivity index (χ3n) is 2.99. The Morgan fingerprint density at radius 1 is 1.18 bits per heavy atom. The van der Waals surface area contributed by atoms with Crippen molar-refractivity contribution in [1.82, 2.24) is 5.32 Å². The molecular weight excluding hydrogens is 231 g/mol. The molecule has 1 heterocycles. The Balaban J connectivity index is 2.58. The highest BCUT2D eigenvalue weighted by atomic mass is 19.4. The van der Waals surface area contributed by atoms with Crippen LogP contribution in [0.5, 0.6) is 0 Å². The highest BCUT2D eigenvalue weighted by Crippen LogP contribution is 2.40. The molecule has 1 N–H and O–H groups in total. The fourth-order valence-corrected chi connectivity index (χ4v) is 1.63. The van der Waals surface area contributed by atoms with Crippen LogP contribution in [0.25, 0.3) is 11.0 Å². The highest BCUT2D eigenvalue weighted by molar-refractivity contribution is 5.78. The van der Waals surface area contributed by atoms with Crippen molar-refractivity contribution in [2.75, 3.05) is 7.05 Å². The van der Waals surface area contributed by atoms with Crippen molar-refractivity contribution in [3.8, 4) is 0 Å². The van der Waals surface area contributed by atoms with E-state index in [4.69, 9.17) is 4.42 Å². The molecule has 1 aromatic carbocycles. The molecule has 0 saturated heterocycles. The Bertz CT molecular complexity index is 499. The lowest BCUT2D eigenvalue weighted by Gasteiger charge is -2.29.